The Labute approximate surface area is 132 Å². The van der Waals surface area contributed by atoms with Crippen LogP contribution in [0.2, 0.25) is 0 Å². The molecule has 0 spiro atoms. The van der Waals surface area contributed by atoms with Crippen LogP contribution in [0.4, 0.5) is 11.4 Å². The minimum atomic E-state index is -0.534. The molecule has 2 aromatic rings. The molecule has 0 unspecified atom stereocenters. The summed E-state index contributed by atoms with van der Waals surface area (Å²) >= 11 is 0. The van der Waals surface area contributed by atoms with Crippen LogP contribution in [0.3, 0.4) is 0 Å². The van der Waals surface area contributed by atoms with Gasteiger partial charge in [0.05, 0.1) is 4.92 Å². The number of carbonyl (C=O) groups excluding carboxylic acids is 1. The smallest absolute Gasteiger partial charge is 0.306 e. The summed E-state index contributed by atoms with van der Waals surface area (Å²) in [5.41, 5.74) is 0.516. The number of ether oxygens (including phenoxy) is 1. The van der Waals surface area contributed by atoms with E-state index >= 15 is 0 Å². The molecule has 0 aliphatic heterocycles. The van der Waals surface area contributed by atoms with Crippen molar-refractivity contribution in [3.8, 4) is 18.1 Å². The van der Waals surface area contributed by atoms with Crippen molar-refractivity contribution in [3.05, 3.63) is 46.8 Å². The van der Waals surface area contributed by atoms with Crippen LogP contribution in [-0.2, 0) is 11.3 Å². The molecular weight excluding hydrogens is 300 g/mol. The fraction of sp³-hybridized carbons (Fsp3) is 0.200. The summed E-state index contributed by atoms with van der Waals surface area (Å²) in [7, 11) is 0. The molecule has 1 N–H and O–H groups in total. The Bertz CT molecular complexity index is 731. The quantitative estimate of drug-likeness (QED) is 0.477. The molecule has 0 aliphatic carbocycles. The fourth-order valence-corrected chi connectivity index (χ4v) is 1.77. The Morgan fingerprint density at radius 1 is 1.43 bits per heavy atom. The highest BCUT2D eigenvalue weighted by atomic mass is 16.6. The molecule has 0 saturated carbocycles. The number of anilines is 1. The van der Waals surface area contributed by atoms with Gasteiger partial charge in [-0.05, 0) is 24.3 Å². The Balaban J connectivity index is 1.82. The molecule has 8 nitrogen and oxygen atoms in total. The average molecular weight is 314 g/mol. The number of carbonyl (C=O) groups is 1. The Morgan fingerprint density at radius 2 is 2.17 bits per heavy atom. The lowest BCUT2D eigenvalue weighted by Gasteiger charge is -2.07. The molecule has 23 heavy (non-hydrogen) atoms. The van der Waals surface area contributed by atoms with Crippen LogP contribution in [0.25, 0.3) is 0 Å². The molecule has 118 valence electrons. The van der Waals surface area contributed by atoms with Gasteiger partial charge >= 0.3 is 5.69 Å². The average Bonchev–Trinajstić information content (AvgIpc) is 3.01. The maximum absolute atomic E-state index is 11.8. The normalized spacial score (nSPS) is 9.87. The number of aromatic nitrogens is 2. The molecule has 1 aromatic carbocycles. The van der Waals surface area contributed by atoms with E-state index in [1.165, 1.54) is 10.9 Å². The molecule has 2 rings (SSSR count). The zero-order valence-corrected chi connectivity index (χ0v) is 12.1. The molecule has 8 heteroatoms. The predicted octanol–water partition coefficient (Wildman–Crippen LogP) is 1.83. The maximum Gasteiger partial charge on any atom is 0.306 e. The summed E-state index contributed by atoms with van der Waals surface area (Å²) < 4.78 is 6.58. The number of terminal acetylenes is 1. The lowest BCUT2D eigenvalue weighted by molar-refractivity contribution is -0.385. The van der Waals surface area contributed by atoms with Crippen molar-refractivity contribution >= 4 is 17.3 Å². The fourth-order valence-electron chi connectivity index (χ4n) is 1.77. The summed E-state index contributed by atoms with van der Waals surface area (Å²) in [4.78, 5) is 21.8. The van der Waals surface area contributed by atoms with Gasteiger partial charge < -0.3 is 10.1 Å². The highest BCUT2D eigenvalue weighted by Crippen LogP contribution is 2.16. The van der Waals surface area contributed by atoms with Crippen LogP contribution in [0, 0.1) is 22.5 Å². The Kier molecular flexibility index (Phi) is 5.30. The molecule has 1 aromatic heterocycles. The minimum absolute atomic E-state index is 0.104. The number of rotatable bonds is 7. The van der Waals surface area contributed by atoms with Gasteiger partial charge in [0.15, 0.2) is 0 Å². The number of nitro groups is 1. The van der Waals surface area contributed by atoms with Gasteiger partial charge in [0.2, 0.25) is 5.91 Å². The van der Waals surface area contributed by atoms with Gasteiger partial charge in [-0.15, -0.1) is 6.42 Å². The monoisotopic (exact) mass is 314 g/mol. The number of aryl methyl sites for hydroxylation is 1. The molecule has 0 atom stereocenters. The van der Waals surface area contributed by atoms with Gasteiger partial charge in [-0.2, -0.15) is 5.10 Å². The summed E-state index contributed by atoms with van der Waals surface area (Å²) in [5.74, 6) is 2.76. The van der Waals surface area contributed by atoms with Gasteiger partial charge in [0.25, 0.3) is 0 Å². The topological polar surface area (TPSA) is 99.3 Å². The SMILES string of the molecule is C#CCOc1ccc(NC(=O)CCn2cc([N+](=O)[O-])cn2)cc1. The zero-order chi connectivity index (χ0) is 16.7. The third-order valence-corrected chi connectivity index (χ3v) is 2.86. The minimum Gasteiger partial charge on any atom is -0.481 e. The number of benzene rings is 1. The highest BCUT2D eigenvalue weighted by molar-refractivity contribution is 5.90. The second-order valence-electron chi connectivity index (χ2n) is 4.53. The highest BCUT2D eigenvalue weighted by Gasteiger charge is 2.10. The van der Waals surface area contributed by atoms with Crippen molar-refractivity contribution in [2.45, 2.75) is 13.0 Å². The van der Waals surface area contributed by atoms with E-state index in [9.17, 15) is 14.9 Å². The zero-order valence-electron chi connectivity index (χ0n) is 12.1. The summed E-state index contributed by atoms with van der Waals surface area (Å²) in [5, 5.41) is 17.1. The molecule has 0 fully saturated rings. The van der Waals surface area contributed by atoms with Crippen molar-refractivity contribution in [1.82, 2.24) is 9.78 Å². The lowest BCUT2D eigenvalue weighted by Crippen LogP contribution is -2.14. The first-order valence-electron chi connectivity index (χ1n) is 6.71. The van der Waals surface area contributed by atoms with Gasteiger partial charge in [-0.25, -0.2) is 0 Å². The Morgan fingerprint density at radius 3 is 2.78 bits per heavy atom. The third kappa shape index (κ3) is 4.86. The van der Waals surface area contributed by atoms with E-state index in [2.05, 4.69) is 16.3 Å². The lowest BCUT2D eigenvalue weighted by atomic mass is 10.3. The summed E-state index contributed by atoms with van der Waals surface area (Å²) in [6, 6.07) is 6.79. The predicted molar refractivity (Wildman–Crippen MR) is 82.9 cm³/mol. The van der Waals surface area contributed by atoms with E-state index in [0.29, 0.717) is 11.4 Å². The van der Waals surface area contributed by atoms with Crippen LogP contribution in [0.5, 0.6) is 5.75 Å². The molecule has 1 heterocycles. The van der Waals surface area contributed by atoms with Crippen LogP contribution in [0.1, 0.15) is 6.42 Å². The van der Waals surface area contributed by atoms with E-state index in [4.69, 9.17) is 11.2 Å². The first kappa shape index (κ1) is 16.0. The number of hydrogen-bond acceptors (Lipinski definition) is 5. The number of nitrogens with zero attached hydrogens (tertiary/aromatic N) is 3. The van der Waals surface area contributed by atoms with E-state index in [1.807, 2.05) is 0 Å². The van der Waals surface area contributed by atoms with Gasteiger partial charge in [0.1, 0.15) is 24.8 Å². The number of hydrogen-bond donors (Lipinski definition) is 1. The molecule has 0 bridgehead atoms. The second-order valence-corrected chi connectivity index (χ2v) is 4.53. The standard InChI is InChI=1S/C15H14N4O4/c1-2-9-23-14-5-3-12(4-6-14)17-15(20)7-8-18-11-13(10-16-18)19(21)22/h1,3-6,10-11H,7-9H2,(H,17,20). The molecule has 0 saturated heterocycles. The van der Waals surface area contributed by atoms with Crippen molar-refractivity contribution in [2.24, 2.45) is 0 Å². The van der Waals surface area contributed by atoms with E-state index in [0.717, 1.165) is 6.20 Å². The van der Waals surface area contributed by atoms with Gasteiger partial charge in [-0.1, -0.05) is 5.92 Å². The molecule has 0 aliphatic rings. The van der Waals surface area contributed by atoms with Crippen molar-refractivity contribution in [2.75, 3.05) is 11.9 Å². The first-order chi connectivity index (χ1) is 11.1. The van der Waals surface area contributed by atoms with E-state index in [1.54, 1.807) is 24.3 Å². The van der Waals surface area contributed by atoms with E-state index in [-0.39, 0.29) is 31.2 Å². The van der Waals surface area contributed by atoms with Gasteiger partial charge in [-0.3, -0.25) is 19.6 Å². The van der Waals surface area contributed by atoms with Crippen LogP contribution >= 0.6 is 0 Å². The molecule has 1 amide bonds. The maximum atomic E-state index is 11.8. The number of amides is 1. The van der Waals surface area contributed by atoms with E-state index < -0.39 is 4.92 Å². The van der Waals surface area contributed by atoms with Crippen LogP contribution < -0.4 is 10.1 Å². The van der Waals surface area contributed by atoms with Crippen LogP contribution in [-0.4, -0.2) is 27.2 Å². The second kappa shape index (κ2) is 7.61. The van der Waals surface area contributed by atoms with Crippen molar-refractivity contribution < 1.29 is 14.5 Å². The Hall–Kier alpha value is -3.34. The first-order valence-corrected chi connectivity index (χ1v) is 6.71. The van der Waals surface area contributed by atoms with Crippen LogP contribution in [0.15, 0.2) is 36.7 Å². The van der Waals surface area contributed by atoms with Gasteiger partial charge in [0, 0.05) is 18.7 Å². The van der Waals surface area contributed by atoms with Crippen molar-refractivity contribution in [1.29, 1.82) is 0 Å². The summed E-state index contributed by atoms with van der Waals surface area (Å²) in [6.07, 6.45) is 7.67. The molecule has 0 radical (unpaired) electrons. The third-order valence-electron chi connectivity index (χ3n) is 2.86. The summed E-state index contributed by atoms with van der Waals surface area (Å²) in [6.45, 7) is 0.435. The number of nitrogens with one attached hydrogen (secondary N) is 1. The van der Waals surface area contributed by atoms with Crippen molar-refractivity contribution in [3.63, 3.8) is 0 Å². The molecular formula is C15H14N4O4. The largest absolute Gasteiger partial charge is 0.481 e.